The van der Waals surface area contributed by atoms with Crippen LogP contribution in [0.2, 0.25) is 0 Å². The zero-order valence-corrected chi connectivity index (χ0v) is 21.2. The molecule has 1 aliphatic rings. The Bertz CT molecular complexity index is 667. The summed E-state index contributed by atoms with van der Waals surface area (Å²) in [5, 5.41) is 6.83. The minimum absolute atomic E-state index is 0. The number of carbonyl (C=O) groups excluding carboxylic acids is 1. The number of hydrogen-bond acceptors (Lipinski definition) is 5. The van der Waals surface area contributed by atoms with E-state index in [0.29, 0.717) is 52.7 Å². The predicted molar refractivity (Wildman–Crippen MR) is 133 cm³/mol. The number of halogens is 1. The van der Waals surface area contributed by atoms with E-state index in [4.69, 9.17) is 14.2 Å². The molecule has 1 aliphatic heterocycles. The average Bonchev–Trinajstić information content (AvgIpc) is 2.77. The van der Waals surface area contributed by atoms with Gasteiger partial charge in [0.05, 0.1) is 26.4 Å². The standard InChI is InChI=1S/C22H36N4O4.HI/c1-4-28-13-14-29-17-19-8-6-7-18(15-19)16-24-21(23-3)25-20-9-11-26(12-10-20)22(27)30-5-2;/h6-8,15,20H,4-5,9-14,16-17H2,1-3H3,(H2,23,24,25);1H. The van der Waals surface area contributed by atoms with Crippen molar-refractivity contribution in [1.29, 1.82) is 0 Å². The highest BCUT2D eigenvalue weighted by atomic mass is 127. The molecule has 1 amide bonds. The van der Waals surface area contributed by atoms with Crippen molar-refractivity contribution in [3.8, 4) is 0 Å². The highest BCUT2D eigenvalue weighted by Crippen LogP contribution is 2.12. The van der Waals surface area contributed by atoms with E-state index >= 15 is 0 Å². The fourth-order valence-electron chi connectivity index (χ4n) is 3.28. The quantitative estimate of drug-likeness (QED) is 0.202. The van der Waals surface area contributed by atoms with Gasteiger partial charge in [-0.25, -0.2) is 4.79 Å². The number of guanidine groups is 1. The van der Waals surface area contributed by atoms with Crippen molar-refractivity contribution >= 4 is 36.0 Å². The van der Waals surface area contributed by atoms with E-state index in [1.54, 1.807) is 11.9 Å². The van der Waals surface area contributed by atoms with Crippen LogP contribution < -0.4 is 10.6 Å². The Hall–Kier alpha value is -1.59. The summed E-state index contributed by atoms with van der Waals surface area (Å²) in [6, 6.07) is 8.61. The largest absolute Gasteiger partial charge is 0.450 e. The van der Waals surface area contributed by atoms with Gasteiger partial charge in [-0.15, -0.1) is 24.0 Å². The van der Waals surface area contributed by atoms with Crippen molar-refractivity contribution in [2.45, 2.75) is 45.9 Å². The van der Waals surface area contributed by atoms with E-state index in [1.165, 1.54) is 5.56 Å². The van der Waals surface area contributed by atoms with Crippen LogP contribution in [0, 0.1) is 0 Å². The molecule has 176 valence electrons. The highest BCUT2D eigenvalue weighted by Gasteiger charge is 2.23. The highest BCUT2D eigenvalue weighted by molar-refractivity contribution is 14.0. The Morgan fingerprint density at radius 2 is 1.84 bits per heavy atom. The molecule has 2 rings (SSSR count). The maximum absolute atomic E-state index is 11.8. The van der Waals surface area contributed by atoms with Crippen LogP contribution in [0.25, 0.3) is 0 Å². The van der Waals surface area contributed by atoms with Gasteiger partial charge in [-0.05, 0) is 37.8 Å². The van der Waals surface area contributed by atoms with Crippen LogP contribution in [0.1, 0.15) is 37.8 Å². The molecule has 0 atom stereocenters. The molecule has 1 fully saturated rings. The first-order chi connectivity index (χ1) is 14.7. The van der Waals surface area contributed by atoms with Crippen LogP contribution in [0.15, 0.2) is 29.3 Å². The van der Waals surface area contributed by atoms with Gasteiger partial charge in [0.2, 0.25) is 0 Å². The summed E-state index contributed by atoms with van der Waals surface area (Å²) >= 11 is 0. The smallest absolute Gasteiger partial charge is 0.409 e. The second kappa shape index (κ2) is 16.1. The maximum Gasteiger partial charge on any atom is 0.409 e. The molecule has 9 heteroatoms. The number of nitrogens with zero attached hydrogens (tertiary/aromatic N) is 2. The normalized spacial score (nSPS) is 14.7. The Morgan fingerprint density at radius 3 is 2.52 bits per heavy atom. The van der Waals surface area contributed by atoms with E-state index in [9.17, 15) is 4.79 Å². The van der Waals surface area contributed by atoms with Crippen LogP contribution in [-0.4, -0.2) is 69.6 Å². The van der Waals surface area contributed by atoms with E-state index in [1.807, 2.05) is 19.9 Å². The van der Waals surface area contributed by atoms with Gasteiger partial charge in [0.1, 0.15) is 0 Å². The van der Waals surface area contributed by atoms with Crippen LogP contribution in [0.4, 0.5) is 4.79 Å². The summed E-state index contributed by atoms with van der Waals surface area (Å²) in [6.07, 6.45) is 1.52. The number of piperidine rings is 1. The molecule has 2 N–H and O–H groups in total. The van der Waals surface area contributed by atoms with E-state index in [-0.39, 0.29) is 36.1 Å². The number of nitrogens with one attached hydrogen (secondary N) is 2. The Morgan fingerprint density at radius 1 is 1.13 bits per heavy atom. The summed E-state index contributed by atoms with van der Waals surface area (Å²) in [4.78, 5) is 17.9. The summed E-state index contributed by atoms with van der Waals surface area (Å²) < 4.78 is 16.0. The monoisotopic (exact) mass is 548 g/mol. The van der Waals surface area contributed by atoms with E-state index in [0.717, 1.165) is 24.4 Å². The van der Waals surface area contributed by atoms with Gasteiger partial charge < -0.3 is 29.7 Å². The van der Waals surface area contributed by atoms with Gasteiger partial charge in [-0.3, -0.25) is 4.99 Å². The van der Waals surface area contributed by atoms with Gasteiger partial charge in [-0.1, -0.05) is 24.3 Å². The number of rotatable bonds is 10. The molecule has 0 bridgehead atoms. The Labute approximate surface area is 203 Å². The second-order valence-corrected chi connectivity index (χ2v) is 7.10. The summed E-state index contributed by atoms with van der Waals surface area (Å²) in [5.74, 6) is 0.767. The van der Waals surface area contributed by atoms with Gasteiger partial charge in [-0.2, -0.15) is 0 Å². The number of ether oxygens (including phenoxy) is 3. The third kappa shape index (κ3) is 10.5. The molecule has 31 heavy (non-hydrogen) atoms. The molecule has 0 radical (unpaired) electrons. The summed E-state index contributed by atoms with van der Waals surface area (Å²) in [7, 11) is 1.77. The lowest BCUT2D eigenvalue weighted by Gasteiger charge is -2.32. The molecule has 0 aromatic heterocycles. The zero-order valence-electron chi connectivity index (χ0n) is 18.9. The third-order valence-electron chi connectivity index (χ3n) is 4.88. The molecule has 1 aromatic rings. The molecular weight excluding hydrogens is 511 g/mol. The SMILES string of the molecule is CCOCCOCc1cccc(CNC(=NC)NC2CCN(C(=O)OCC)CC2)c1.I. The zero-order chi connectivity index (χ0) is 21.6. The van der Waals surface area contributed by atoms with Crippen LogP contribution in [-0.2, 0) is 27.4 Å². The first-order valence-electron chi connectivity index (χ1n) is 10.8. The second-order valence-electron chi connectivity index (χ2n) is 7.10. The molecule has 0 aliphatic carbocycles. The van der Waals surface area contributed by atoms with Crippen molar-refractivity contribution in [3.05, 3.63) is 35.4 Å². The van der Waals surface area contributed by atoms with Crippen LogP contribution in [0.3, 0.4) is 0 Å². The number of hydrogen-bond donors (Lipinski definition) is 2. The van der Waals surface area contributed by atoms with Gasteiger partial charge >= 0.3 is 6.09 Å². The van der Waals surface area contributed by atoms with Gasteiger partial charge in [0, 0.05) is 39.3 Å². The molecular formula is C22H37IN4O4. The van der Waals surface area contributed by atoms with Crippen molar-refractivity contribution in [3.63, 3.8) is 0 Å². The fraction of sp³-hybridized carbons (Fsp3) is 0.636. The van der Waals surface area contributed by atoms with Crippen molar-refractivity contribution in [2.24, 2.45) is 4.99 Å². The molecule has 8 nitrogen and oxygen atoms in total. The predicted octanol–water partition coefficient (Wildman–Crippen LogP) is 3.14. The van der Waals surface area contributed by atoms with Crippen molar-refractivity contribution < 1.29 is 19.0 Å². The van der Waals surface area contributed by atoms with Crippen molar-refractivity contribution in [2.75, 3.05) is 46.6 Å². The lowest BCUT2D eigenvalue weighted by Crippen LogP contribution is -2.49. The number of likely N-dealkylation sites (tertiary alicyclic amines) is 1. The average molecular weight is 548 g/mol. The van der Waals surface area contributed by atoms with Crippen LogP contribution >= 0.6 is 24.0 Å². The maximum atomic E-state index is 11.8. The topological polar surface area (TPSA) is 84.4 Å². The molecule has 1 aromatic carbocycles. The number of benzene rings is 1. The lowest BCUT2D eigenvalue weighted by molar-refractivity contribution is 0.0453. The lowest BCUT2D eigenvalue weighted by atomic mass is 10.1. The van der Waals surface area contributed by atoms with Crippen LogP contribution in [0.5, 0.6) is 0 Å². The molecule has 1 saturated heterocycles. The molecule has 0 saturated carbocycles. The summed E-state index contributed by atoms with van der Waals surface area (Å²) in [6.45, 7) is 8.79. The number of aliphatic imine (C=N–C) groups is 1. The molecule has 1 heterocycles. The van der Waals surface area contributed by atoms with Gasteiger partial charge in [0.25, 0.3) is 0 Å². The van der Waals surface area contributed by atoms with E-state index in [2.05, 4.69) is 33.8 Å². The minimum Gasteiger partial charge on any atom is -0.450 e. The third-order valence-corrected chi connectivity index (χ3v) is 4.88. The van der Waals surface area contributed by atoms with Gasteiger partial charge in [0.15, 0.2) is 5.96 Å². The van der Waals surface area contributed by atoms with E-state index < -0.39 is 0 Å². The Balaban J connectivity index is 0.00000480. The first-order valence-corrected chi connectivity index (χ1v) is 10.8. The first kappa shape index (κ1) is 27.4. The summed E-state index contributed by atoms with van der Waals surface area (Å²) in [5.41, 5.74) is 2.31. The Kier molecular flexibility index (Phi) is 14.3. The molecule has 0 unspecified atom stereocenters. The number of amides is 1. The minimum atomic E-state index is -0.222. The number of carbonyl (C=O) groups is 1. The fourth-order valence-corrected chi connectivity index (χ4v) is 3.28. The van der Waals surface area contributed by atoms with Crippen molar-refractivity contribution in [1.82, 2.24) is 15.5 Å². The molecule has 0 spiro atoms.